The molecule has 142 valence electrons. The van der Waals surface area contributed by atoms with Crippen molar-refractivity contribution in [1.82, 2.24) is 14.5 Å². The number of sulfonamides is 1. The monoisotopic (exact) mass is 379 g/mol. The van der Waals surface area contributed by atoms with Gasteiger partial charge in [0.15, 0.2) is 0 Å². The number of aromatic nitrogens is 2. The third-order valence-corrected chi connectivity index (χ3v) is 5.99. The lowest BCUT2D eigenvalue weighted by atomic mass is 9.98. The molecule has 0 bridgehead atoms. The van der Waals surface area contributed by atoms with Gasteiger partial charge in [-0.3, -0.25) is 0 Å². The summed E-state index contributed by atoms with van der Waals surface area (Å²) in [6.45, 7) is 5.09. The fourth-order valence-corrected chi connectivity index (χ4v) is 3.96. The van der Waals surface area contributed by atoms with Crippen LogP contribution in [0, 0.1) is 12.8 Å². The lowest BCUT2D eigenvalue weighted by Gasteiger charge is -2.31. The van der Waals surface area contributed by atoms with Crippen LogP contribution in [0.1, 0.15) is 18.9 Å². The molecular formula is C18H25N3O4S. The molecule has 26 heavy (non-hydrogen) atoms. The number of rotatable bonds is 7. The molecule has 0 spiro atoms. The summed E-state index contributed by atoms with van der Waals surface area (Å²) in [4.78, 5) is 0. The van der Waals surface area contributed by atoms with Crippen LogP contribution < -0.4 is 9.46 Å². The van der Waals surface area contributed by atoms with Crippen molar-refractivity contribution in [3.63, 3.8) is 0 Å². The smallest absolute Gasteiger partial charge is 0.211 e. The lowest BCUT2D eigenvalue weighted by Crippen LogP contribution is -2.47. The minimum Gasteiger partial charge on any atom is -0.493 e. The Morgan fingerprint density at radius 3 is 2.96 bits per heavy atom. The molecule has 1 saturated heterocycles. The van der Waals surface area contributed by atoms with E-state index in [4.69, 9.17) is 9.47 Å². The van der Waals surface area contributed by atoms with Gasteiger partial charge in [-0.15, -0.1) is 0 Å². The van der Waals surface area contributed by atoms with Crippen molar-refractivity contribution in [2.24, 2.45) is 5.92 Å². The second kappa shape index (κ2) is 8.20. The Morgan fingerprint density at radius 2 is 2.27 bits per heavy atom. The van der Waals surface area contributed by atoms with Gasteiger partial charge < -0.3 is 9.47 Å². The molecule has 1 aliphatic rings. The minimum absolute atomic E-state index is 0.0174. The number of hydrogen-bond donors (Lipinski definition) is 1. The van der Waals surface area contributed by atoms with Gasteiger partial charge in [-0.05, 0) is 50.1 Å². The maximum absolute atomic E-state index is 11.9. The van der Waals surface area contributed by atoms with Crippen molar-refractivity contribution >= 4 is 10.0 Å². The maximum atomic E-state index is 11.9. The summed E-state index contributed by atoms with van der Waals surface area (Å²) in [5, 5.41) is 4.24. The van der Waals surface area contributed by atoms with Crippen LogP contribution in [0.25, 0.3) is 5.69 Å². The molecule has 2 aromatic rings. The Kier molecular flexibility index (Phi) is 5.95. The molecule has 0 saturated carbocycles. The Labute approximate surface area is 154 Å². The molecule has 0 aliphatic carbocycles. The van der Waals surface area contributed by atoms with E-state index >= 15 is 0 Å². The van der Waals surface area contributed by atoms with Crippen molar-refractivity contribution in [2.45, 2.75) is 26.3 Å². The second-order valence-corrected chi connectivity index (χ2v) is 8.50. The van der Waals surface area contributed by atoms with E-state index < -0.39 is 10.0 Å². The van der Waals surface area contributed by atoms with Crippen LogP contribution in [0.3, 0.4) is 0 Å². The molecule has 2 heterocycles. The van der Waals surface area contributed by atoms with Crippen LogP contribution in [-0.2, 0) is 14.8 Å². The van der Waals surface area contributed by atoms with Crippen molar-refractivity contribution in [1.29, 1.82) is 0 Å². The second-order valence-electron chi connectivity index (χ2n) is 6.46. The van der Waals surface area contributed by atoms with Gasteiger partial charge in [0, 0.05) is 31.0 Å². The van der Waals surface area contributed by atoms with Crippen LogP contribution in [0.5, 0.6) is 5.75 Å². The largest absolute Gasteiger partial charge is 0.493 e. The summed E-state index contributed by atoms with van der Waals surface area (Å²) in [7, 11) is -3.24. The molecule has 0 unspecified atom stereocenters. The van der Waals surface area contributed by atoms with Gasteiger partial charge in [0.2, 0.25) is 10.0 Å². The zero-order valence-corrected chi connectivity index (χ0v) is 15.9. The first-order chi connectivity index (χ1) is 12.5. The molecule has 1 fully saturated rings. The van der Waals surface area contributed by atoms with Crippen molar-refractivity contribution in [3.05, 3.63) is 42.2 Å². The normalized spacial score (nSPS) is 20.8. The van der Waals surface area contributed by atoms with Crippen molar-refractivity contribution < 1.29 is 17.9 Å². The van der Waals surface area contributed by atoms with E-state index in [1.54, 1.807) is 13.1 Å². The van der Waals surface area contributed by atoms with E-state index in [2.05, 4.69) is 9.82 Å². The fraction of sp³-hybridized carbons (Fsp3) is 0.500. The minimum atomic E-state index is -3.24. The van der Waals surface area contributed by atoms with Crippen LogP contribution in [0.2, 0.25) is 0 Å². The Bertz CT molecular complexity index is 821. The summed E-state index contributed by atoms with van der Waals surface area (Å²) in [5.41, 5.74) is 2.05. The molecule has 8 heteroatoms. The first-order valence-corrected chi connectivity index (χ1v) is 10.4. The topological polar surface area (TPSA) is 82.5 Å². The molecule has 0 radical (unpaired) electrons. The van der Waals surface area contributed by atoms with Gasteiger partial charge in [0.1, 0.15) is 5.75 Å². The standard InChI is InChI=1S/C18H25N3O4S/c1-3-26(22,23)20-17-7-10-24-12-15(17)13-25-16-5-6-18(14(2)11-16)21-9-4-8-19-21/h4-6,8-9,11,15,17,20H,3,7,10,12-13H2,1-2H3/t15-,17+/m1/s1. The third kappa shape index (κ3) is 4.63. The number of nitrogens with zero attached hydrogens (tertiary/aromatic N) is 2. The highest BCUT2D eigenvalue weighted by molar-refractivity contribution is 7.89. The van der Waals surface area contributed by atoms with Crippen LogP contribution >= 0.6 is 0 Å². The summed E-state index contributed by atoms with van der Waals surface area (Å²) in [6.07, 6.45) is 4.29. The molecule has 1 aromatic carbocycles. The SMILES string of the molecule is CCS(=O)(=O)N[C@H]1CCOC[C@@H]1COc1ccc(-n2cccn2)c(C)c1. The predicted octanol–water partition coefficient (Wildman–Crippen LogP) is 1.90. The molecule has 1 aromatic heterocycles. The van der Waals surface area contributed by atoms with Crippen molar-refractivity contribution in [2.75, 3.05) is 25.6 Å². The average molecular weight is 379 g/mol. The Hall–Kier alpha value is -1.90. The van der Waals surface area contributed by atoms with E-state index in [9.17, 15) is 8.42 Å². The van der Waals surface area contributed by atoms with Gasteiger partial charge in [-0.25, -0.2) is 17.8 Å². The van der Waals surface area contributed by atoms with Crippen molar-refractivity contribution in [3.8, 4) is 11.4 Å². The number of ether oxygens (including phenoxy) is 2. The molecule has 1 N–H and O–H groups in total. The summed E-state index contributed by atoms with van der Waals surface area (Å²) >= 11 is 0. The summed E-state index contributed by atoms with van der Waals surface area (Å²) in [5.74, 6) is 0.809. The summed E-state index contributed by atoms with van der Waals surface area (Å²) in [6, 6.07) is 7.56. The number of hydrogen-bond acceptors (Lipinski definition) is 5. The predicted molar refractivity (Wildman–Crippen MR) is 99.1 cm³/mol. The van der Waals surface area contributed by atoms with Gasteiger partial charge >= 0.3 is 0 Å². The zero-order chi connectivity index (χ0) is 18.6. The Balaban J connectivity index is 1.64. The highest BCUT2D eigenvalue weighted by Gasteiger charge is 2.29. The van der Waals surface area contributed by atoms with E-state index in [1.165, 1.54) is 0 Å². The van der Waals surface area contributed by atoms with E-state index in [0.717, 1.165) is 17.0 Å². The highest BCUT2D eigenvalue weighted by Crippen LogP contribution is 2.22. The quantitative estimate of drug-likeness (QED) is 0.795. The van der Waals surface area contributed by atoms with Gasteiger partial charge in [-0.2, -0.15) is 5.10 Å². The van der Waals surface area contributed by atoms with Gasteiger partial charge in [0.05, 0.1) is 24.7 Å². The lowest BCUT2D eigenvalue weighted by molar-refractivity contribution is 0.0186. The highest BCUT2D eigenvalue weighted by atomic mass is 32.2. The van der Waals surface area contributed by atoms with Gasteiger partial charge in [0.25, 0.3) is 0 Å². The molecule has 2 atom stereocenters. The number of nitrogens with one attached hydrogen (secondary N) is 1. The van der Waals surface area contributed by atoms with Crippen LogP contribution in [0.15, 0.2) is 36.7 Å². The first kappa shape index (κ1) is 18.9. The molecular weight excluding hydrogens is 354 g/mol. The van der Waals surface area contributed by atoms with Crippen LogP contribution in [0.4, 0.5) is 0 Å². The Morgan fingerprint density at radius 1 is 1.42 bits per heavy atom. The molecule has 3 rings (SSSR count). The number of benzene rings is 1. The molecule has 1 aliphatic heterocycles. The average Bonchev–Trinajstić information content (AvgIpc) is 3.15. The molecule has 7 nitrogen and oxygen atoms in total. The zero-order valence-electron chi connectivity index (χ0n) is 15.1. The first-order valence-electron chi connectivity index (χ1n) is 8.79. The summed E-state index contributed by atoms with van der Waals surface area (Å²) < 4.78 is 39.8. The van der Waals surface area contributed by atoms with Gasteiger partial charge in [-0.1, -0.05) is 0 Å². The fourth-order valence-electron chi connectivity index (χ4n) is 3.02. The number of aryl methyl sites for hydroxylation is 1. The van der Waals surface area contributed by atoms with E-state index in [-0.39, 0.29) is 17.7 Å². The third-order valence-electron chi connectivity index (χ3n) is 4.57. The van der Waals surface area contributed by atoms with Crippen LogP contribution in [-0.4, -0.2) is 49.8 Å². The van der Waals surface area contributed by atoms with E-state index in [0.29, 0.717) is 26.2 Å². The maximum Gasteiger partial charge on any atom is 0.211 e. The van der Waals surface area contributed by atoms with E-state index in [1.807, 2.05) is 42.1 Å². The molecule has 0 amide bonds.